The van der Waals surface area contributed by atoms with E-state index in [1.165, 1.54) is 69.5 Å². The molecule has 0 amide bonds. The Morgan fingerprint density at radius 3 is 1.60 bits per heavy atom. The molecule has 2 saturated carbocycles. The summed E-state index contributed by atoms with van der Waals surface area (Å²) in [6, 6.07) is 10.5. The van der Waals surface area contributed by atoms with Gasteiger partial charge in [0.1, 0.15) is 7.14 Å². The van der Waals surface area contributed by atoms with E-state index < -0.39 is 7.14 Å². The first-order valence-electron chi connectivity index (χ1n) is 8.47. The van der Waals surface area contributed by atoms with Crippen molar-refractivity contribution in [2.45, 2.75) is 75.5 Å². The van der Waals surface area contributed by atoms with E-state index in [0.717, 1.165) is 0 Å². The zero-order chi connectivity index (χ0) is 13.8. The Morgan fingerprint density at radius 1 is 0.700 bits per heavy atom. The SMILES string of the molecule is O=P(c1ccccc1)(C1CCCCC1)C1CCCCC1. The number of rotatable bonds is 3. The van der Waals surface area contributed by atoms with E-state index in [0.29, 0.717) is 11.3 Å². The fourth-order valence-electron chi connectivity index (χ4n) is 4.31. The third-order valence-corrected chi connectivity index (χ3v) is 9.70. The molecular weight excluding hydrogens is 263 g/mol. The highest BCUT2D eigenvalue weighted by molar-refractivity contribution is 7.73. The van der Waals surface area contributed by atoms with E-state index in [4.69, 9.17) is 0 Å². The van der Waals surface area contributed by atoms with Crippen LogP contribution in [-0.2, 0) is 4.57 Å². The molecular formula is C18H27OP. The minimum Gasteiger partial charge on any atom is -0.318 e. The number of hydrogen-bond acceptors (Lipinski definition) is 1. The van der Waals surface area contributed by atoms with E-state index in [1.54, 1.807) is 0 Å². The minimum atomic E-state index is -2.22. The topological polar surface area (TPSA) is 17.1 Å². The van der Waals surface area contributed by atoms with Gasteiger partial charge in [0.15, 0.2) is 0 Å². The maximum Gasteiger partial charge on any atom is 0.121 e. The fourth-order valence-corrected chi connectivity index (χ4v) is 8.65. The molecule has 0 atom stereocenters. The Labute approximate surface area is 123 Å². The molecule has 110 valence electrons. The molecule has 0 bridgehead atoms. The molecule has 1 aromatic carbocycles. The van der Waals surface area contributed by atoms with Gasteiger partial charge in [-0.3, -0.25) is 0 Å². The third-order valence-electron chi connectivity index (χ3n) is 5.39. The van der Waals surface area contributed by atoms with Gasteiger partial charge < -0.3 is 4.57 Å². The van der Waals surface area contributed by atoms with Crippen LogP contribution in [0.3, 0.4) is 0 Å². The second kappa shape index (κ2) is 6.48. The molecule has 1 aromatic rings. The van der Waals surface area contributed by atoms with Crippen LogP contribution in [-0.4, -0.2) is 11.3 Å². The van der Waals surface area contributed by atoms with Gasteiger partial charge in [0.05, 0.1) is 0 Å². The summed E-state index contributed by atoms with van der Waals surface area (Å²) in [5.74, 6) is 0. The summed E-state index contributed by atoms with van der Waals surface area (Å²) in [7, 11) is -2.22. The normalized spacial score (nSPS) is 22.8. The Bertz CT molecular complexity index is 434. The molecule has 0 radical (unpaired) electrons. The van der Waals surface area contributed by atoms with E-state index in [9.17, 15) is 4.57 Å². The van der Waals surface area contributed by atoms with Crippen molar-refractivity contribution in [3.63, 3.8) is 0 Å². The second-order valence-corrected chi connectivity index (χ2v) is 10.0. The molecule has 2 fully saturated rings. The quantitative estimate of drug-likeness (QED) is 0.687. The lowest BCUT2D eigenvalue weighted by atomic mass is 9.99. The summed E-state index contributed by atoms with van der Waals surface area (Å²) < 4.78 is 14.1. The molecule has 0 spiro atoms. The first-order valence-corrected chi connectivity index (χ1v) is 10.3. The van der Waals surface area contributed by atoms with Gasteiger partial charge in [-0.1, -0.05) is 68.9 Å². The van der Waals surface area contributed by atoms with Crippen molar-refractivity contribution in [2.24, 2.45) is 0 Å². The lowest BCUT2D eigenvalue weighted by Crippen LogP contribution is -2.29. The van der Waals surface area contributed by atoms with Crippen LogP contribution >= 0.6 is 7.14 Å². The maximum absolute atomic E-state index is 14.1. The monoisotopic (exact) mass is 290 g/mol. The summed E-state index contributed by atoms with van der Waals surface area (Å²) in [4.78, 5) is 0. The molecule has 0 aliphatic heterocycles. The lowest BCUT2D eigenvalue weighted by Gasteiger charge is -2.38. The summed E-state index contributed by atoms with van der Waals surface area (Å²) in [5.41, 5.74) is 0.948. The molecule has 0 unspecified atom stereocenters. The van der Waals surface area contributed by atoms with Gasteiger partial charge in [-0.25, -0.2) is 0 Å². The average Bonchev–Trinajstić information content (AvgIpc) is 2.56. The number of hydrogen-bond donors (Lipinski definition) is 0. The van der Waals surface area contributed by atoms with E-state index in [2.05, 4.69) is 30.3 Å². The Balaban J connectivity index is 1.95. The summed E-state index contributed by atoms with van der Waals surface area (Å²) in [6.45, 7) is 0. The molecule has 0 saturated heterocycles. The van der Waals surface area contributed by atoms with Gasteiger partial charge in [0, 0.05) is 16.6 Å². The first kappa shape index (κ1) is 14.4. The molecule has 0 heterocycles. The van der Waals surface area contributed by atoms with E-state index >= 15 is 0 Å². The van der Waals surface area contributed by atoms with E-state index in [1.807, 2.05) is 0 Å². The van der Waals surface area contributed by atoms with Gasteiger partial charge in [0.25, 0.3) is 0 Å². The smallest absolute Gasteiger partial charge is 0.121 e. The lowest BCUT2D eigenvalue weighted by molar-refractivity contribution is 0.453. The molecule has 0 N–H and O–H groups in total. The van der Waals surface area contributed by atoms with Gasteiger partial charge >= 0.3 is 0 Å². The summed E-state index contributed by atoms with van der Waals surface area (Å²) in [6.07, 6.45) is 12.6. The van der Waals surface area contributed by atoms with E-state index in [-0.39, 0.29) is 0 Å². The average molecular weight is 290 g/mol. The summed E-state index contributed by atoms with van der Waals surface area (Å²) in [5, 5.41) is 1.18. The fraction of sp³-hybridized carbons (Fsp3) is 0.667. The van der Waals surface area contributed by atoms with Gasteiger partial charge in [0.2, 0.25) is 0 Å². The predicted molar refractivity (Wildman–Crippen MR) is 87.4 cm³/mol. The van der Waals surface area contributed by atoms with Crippen molar-refractivity contribution < 1.29 is 4.57 Å². The molecule has 20 heavy (non-hydrogen) atoms. The van der Waals surface area contributed by atoms with Gasteiger partial charge in [-0.15, -0.1) is 0 Å². The molecule has 0 aromatic heterocycles. The van der Waals surface area contributed by atoms with Crippen molar-refractivity contribution >= 4 is 12.4 Å². The van der Waals surface area contributed by atoms with Crippen molar-refractivity contribution in [3.8, 4) is 0 Å². The molecule has 2 aliphatic rings. The Kier molecular flexibility index (Phi) is 4.66. The van der Waals surface area contributed by atoms with Crippen molar-refractivity contribution in [1.29, 1.82) is 0 Å². The molecule has 3 rings (SSSR count). The van der Waals surface area contributed by atoms with Crippen LogP contribution in [0.5, 0.6) is 0 Å². The highest BCUT2D eigenvalue weighted by Crippen LogP contribution is 2.61. The number of benzene rings is 1. The highest BCUT2D eigenvalue weighted by Gasteiger charge is 2.42. The Hall–Kier alpha value is -0.550. The zero-order valence-corrected chi connectivity index (χ0v) is 13.4. The van der Waals surface area contributed by atoms with Crippen LogP contribution in [0, 0.1) is 0 Å². The van der Waals surface area contributed by atoms with Gasteiger partial charge in [-0.05, 0) is 25.7 Å². The van der Waals surface area contributed by atoms with Crippen molar-refractivity contribution in [3.05, 3.63) is 30.3 Å². The Morgan fingerprint density at radius 2 is 1.15 bits per heavy atom. The van der Waals surface area contributed by atoms with Crippen LogP contribution in [0.25, 0.3) is 0 Å². The van der Waals surface area contributed by atoms with Crippen molar-refractivity contribution in [2.75, 3.05) is 0 Å². The largest absolute Gasteiger partial charge is 0.318 e. The van der Waals surface area contributed by atoms with Crippen LogP contribution in [0.2, 0.25) is 0 Å². The predicted octanol–water partition coefficient (Wildman–Crippen LogP) is 5.34. The zero-order valence-electron chi connectivity index (χ0n) is 12.5. The van der Waals surface area contributed by atoms with Crippen LogP contribution in [0.1, 0.15) is 64.2 Å². The maximum atomic E-state index is 14.1. The van der Waals surface area contributed by atoms with Crippen LogP contribution in [0.15, 0.2) is 30.3 Å². The molecule has 2 heteroatoms. The first-order chi connectivity index (χ1) is 9.82. The minimum absolute atomic E-state index is 0.474. The standard InChI is InChI=1S/C18H27OP/c19-20(16-10-4-1-5-11-16,17-12-6-2-7-13-17)18-14-8-3-9-15-18/h1,4-5,10-11,17-18H,2-3,6-9,12-15H2. The molecule has 1 nitrogen and oxygen atoms in total. The third kappa shape index (κ3) is 2.75. The van der Waals surface area contributed by atoms with Gasteiger partial charge in [-0.2, -0.15) is 0 Å². The highest BCUT2D eigenvalue weighted by atomic mass is 31.2. The summed E-state index contributed by atoms with van der Waals surface area (Å²) >= 11 is 0. The van der Waals surface area contributed by atoms with Crippen molar-refractivity contribution in [1.82, 2.24) is 0 Å². The second-order valence-electron chi connectivity index (χ2n) is 6.63. The molecule has 2 aliphatic carbocycles. The van der Waals surface area contributed by atoms with Crippen LogP contribution in [0.4, 0.5) is 0 Å². The van der Waals surface area contributed by atoms with Crippen LogP contribution < -0.4 is 5.30 Å².